The van der Waals surface area contributed by atoms with Crippen LogP contribution in [0.5, 0.6) is 0 Å². The van der Waals surface area contributed by atoms with Crippen LogP contribution < -0.4 is 5.32 Å². The Labute approximate surface area is 182 Å². The maximum atomic E-state index is 12.6. The van der Waals surface area contributed by atoms with E-state index in [4.69, 9.17) is 0 Å². The Morgan fingerprint density at radius 2 is 1.74 bits per heavy atom. The number of hydrogen-bond donors (Lipinski definition) is 1. The van der Waals surface area contributed by atoms with E-state index in [1.165, 1.54) is 11.1 Å². The van der Waals surface area contributed by atoms with Gasteiger partial charge in [0.25, 0.3) is 5.91 Å². The monoisotopic (exact) mass is 405 g/mol. The first-order valence-corrected chi connectivity index (χ1v) is 10.2. The quantitative estimate of drug-likeness (QED) is 0.353. The third-order valence-electron chi connectivity index (χ3n) is 5.22. The van der Waals surface area contributed by atoms with Crippen LogP contribution in [0.25, 0.3) is 17.0 Å². The predicted octanol–water partition coefficient (Wildman–Crippen LogP) is 5.22. The van der Waals surface area contributed by atoms with Crippen molar-refractivity contribution in [3.63, 3.8) is 0 Å². The number of nitrogens with zero attached hydrogens (tertiary/aromatic N) is 2. The molecule has 0 spiro atoms. The van der Waals surface area contributed by atoms with Crippen molar-refractivity contribution in [1.82, 2.24) is 9.88 Å². The second kappa shape index (κ2) is 9.15. The van der Waals surface area contributed by atoms with E-state index in [-0.39, 0.29) is 11.5 Å². The molecule has 0 atom stereocenters. The summed E-state index contributed by atoms with van der Waals surface area (Å²) in [6.07, 6.45) is 3.68. The fourth-order valence-electron chi connectivity index (χ4n) is 3.71. The van der Waals surface area contributed by atoms with Crippen molar-refractivity contribution in [2.75, 3.05) is 0 Å². The van der Waals surface area contributed by atoms with Crippen LogP contribution in [0.4, 0.5) is 0 Å². The molecule has 1 amide bonds. The number of nitrogens with one attached hydrogen (secondary N) is 1. The first kappa shape index (κ1) is 20.2. The molecule has 31 heavy (non-hydrogen) atoms. The number of rotatable bonds is 6. The number of aryl methyl sites for hydroxylation is 1. The van der Waals surface area contributed by atoms with Crippen molar-refractivity contribution in [3.05, 3.63) is 113 Å². The topological polar surface area (TPSA) is 57.8 Å². The van der Waals surface area contributed by atoms with Crippen LogP contribution in [-0.4, -0.2) is 10.5 Å². The summed E-state index contributed by atoms with van der Waals surface area (Å²) in [6, 6.07) is 28.2. The second-order valence-corrected chi connectivity index (χ2v) is 7.56. The van der Waals surface area contributed by atoms with E-state index in [2.05, 4.69) is 53.2 Å². The van der Waals surface area contributed by atoms with Gasteiger partial charge in [0, 0.05) is 35.8 Å². The van der Waals surface area contributed by atoms with E-state index in [0.717, 1.165) is 28.6 Å². The molecule has 1 N–H and O–H groups in total. The average molecular weight is 406 g/mol. The number of carbonyl (C=O) groups excluding carboxylic acids is 1. The van der Waals surface area contributed by atoms with Gasteiger partial charge in [-0.05, 0) is 30.2 Å². The highest BCUT2D eigenvalue weighted by molar-refractivity contribution is 6.04. The highest BCUT2D eigenvalue weighted by Gasteiger charge is 2.12. The highest BCUT2D eigenvalue weighted by atomic mass is 16.1. The summed E-state index contributed by atoms with van der Waals surface area (Å²) in [5.74, 6) is -0.373. The molecule has 3 aromatic carbocycles. The van der Waals surface area contributed by atoms with Crippen molar-refractivity contribution in [2.24, 2.45) is 0 Å². The van der Waals surface area contributed by atoms with E-state index in [1.54, 1.807) is 6.08 Å². The van der Waals surface area contributed by atoms with Crippen molar-refractivity contribution in [3.8, 4) is 6.07 Å². The molecule has 1 aromatic heterocycles. The molecule has 4 aromatic rings. The van der Waals surface area contributed by atoms with Crippen LogP contribution in [0.1, 0.15) is 22.3 Å². The van der Waals surface area contributed by atoms with Crippen LogP contribution >= 0.6 is 0 Å². The maximum absolute atomic E-state index is 12.6. The van der Waals surface area contributed by atoms with E-state index >= 15 is 0 Å². The average Bonchev–Trinajstić information content (AvgIpc) is 3.13. The Morgan fingerprint density at radius 3 is 2.52 bits per heavy atom. The van der Waals surface area contributed by atoms with E-state index < -0.39 is 0 Å². The van der Waals surface area contributed by atoms with Crippen LogP contribution in [0.2, 0.25) is 0 Å². The normalized spacial score (nSPS) is 11.3. The van der Waals surface area contributed by atoms with Gasteiger partial charge in [-0.25, -0.2) is 0 Å². The highest BCUT2D eigenvalue weighted by Crippen LogP contribution is 2.25. The summed E-state index contributed by atoms with van der Waals surface area (Å²) in [7, 11) is 0. The van der Waals surface area contributed by atoms with E-state index in [9.17, 15) is 10.1 Å². The van der Waals surface area contributed by atoms with Gasteiger partial charge in [0.1, 0.15) is 11.6 Å². The number of carbonyl (C=O) groups is 1. The number of nitriles is 1. The molecule has 0 saturated carbocycles. The largest absolute Gasteiger partial charge is 0.347 e. The van der Waals surface area contributed by atoms with Gasteiger partial charge in [0.05, 0.1) is 0 Å². The zero-order valence-corrected chi connectivity index (χ0v) is 17.4. The Bertz CT molecular complexity index is 1290. The zero-order valence-electron chi connectivity index (χ0n) is 17.4. The first-order chi connectivity index (χ1) is 15.1. The Balaban J connectivity index is 1.62. The Hall–Kier alpha value is -4.10. The summed E-state index contributed by atoms with van der Waals surface area (Å²) in [6.45, 7) is 3.19. The molecule has 152 valence electrons. The van der Waals surface area contributed by atoms with Crippen LogP contribution in [0.3, 0.4) is 0 Å². The zero-order chi connectivity index (χ0) is 21.6. The third-order valence-corrected chi connectivity index (χ3v) is 5.22. The first-order valence-electron chi connectivity index (χ1n) is 10.2. The van der Waals surface area contributed by atoms with E-state index in [0.29, 0.717) is 6.54 Å². The van der Waals surface area contributed by atoms with Crippen molar-refractivity contribution < 1.29 is 4.79 Å². The molecule has 4 rings (SSSR count). The van der Waals surface area contributed by atoms with Crippen molar-refractivity contribution in [2.45, 2.75) is 20.0 Å². The number of benzene rings is 3. The van der Waals surface area contributed by atoms with Crippen molar-refractivity contribution >= 4 is 22.9 Å². The summed E-state index contributed by atoms with van der Waals surface area (Å²) in [5, 5.41) is 13.5. The van der Waals surface area contributed by atoms with Crippen LogP contribution in [-0.2, 0) is 17.9 Å². The SMILES string of the molecule is Cc1cccc(Cn2cc(C=C(C#N)C(=O)NCc3ccccc3)c3ccccc32)c1. The molecule has 0 saturated heterocycles. The molecule has 0 aliphatic heterocycles. The van der Waals surface area contributed by atoms with Gasteiger partial charge < -0.3 is 9.88 Å². The molecule has 0 unspecified atom stereocenters. The molecule has 4 heteroatoms. The molecule has 0 radical (unpaired) electrons. The molecule has 0 aliphatic carbocycles. The lowest BCUT2D eigenvalue weighted by molar-refractivity contribution is -0.117. The lowest BCUT2D eigenvalue weighted by Crippen LogP contribution is -2.23. The summed E-state index contributed by atoms with van der Waals surface area (Å²) in [4.78, 5) is 12.6. The molecule has 0 aliphatic rings. The number of fused-ring (bicyclic) bond motifs is 1. The predicted molar refractivity (Wildman–Crippen MR) is 124 cm³/mol. The van der Waals surface area contributed by atoms with Gasteiger partial charge in [0.2, 0.25) is 0 Å². The number of aromatic nitrogens is 1. The number of para-hydroxylation sites is 1. The molecular formula is C27H23N3O. The minimum Gasteiger partial charge on any atom is -0.347 e. The molecule has 0 bridgehead atoms. The van der Waals surface area contributed by atoms with Gasteiger partial charge >= 0.3 is 0 Å². The third kappa shape index (κ3) is 4.73. The minimum atomic E-state index is -0.373. The minimum absolute atomic E-state index is 0.0920. The molecule has 1 heterocycles. The number of hydrogen-bond acceptors (Lipinski definition) is 2. The molecule has 0 fully saturated rings. The van der Waals surface area contributed by atoms with Crippen LogP contribution in [0.15, 0.2) is 90.6 Å². The van der Waals surface area contributed by atoms with Crippen LogP contribution in [0, 0.1) is 18.3 Å². The fourth-order valence-corrected chi connectivity index (χ4v) is 3.71. The van der Waals surface area contributed by atoms with Gasteiger partial charge in [-0.3, -0.25) is 4.79 Å². The summed E-state index contributed by atoms with van der Waals surface area (Å²) < 4.78 is 2.16. The van der Waals surface area contributed by atoms with Gasteiger partial charge in [-0.2, -0.15) is 5.26 Å². The van der Waals surface area contributed by atoms with Gasteiger partial charge in [0.15, 0.2) is 0 Å². The molecular weight excluding hydrogens is 382 g/mol. The standard InChI is InChI=1S/C27H23N3O/c1-20-8-7-11-22(14-20)18-30-19-24(25-12-5-6-13-26(25)30)15-23(16-28)27(31)29-17-21-9-3-2-4-10-21/h2-15,19H,17-18H2,1H3,(H,29,31). The van der Waals surface area contributed by atoms with Gasteiger partial charge in [-0.1, -0.05) is 78.4 Å². The van der Waals surface area contributed by atoms with Crippen molar-refractivity contribution in [1.29, 1.82) is 5.26 Å². The molecule has 4 nitrogen and oxygen atoms in total. The fraction of sp³-hybridized carbons (Fsp3) is 0.111. The summed E-state index contributed by atoms with van der Waals surface area (Å²) in [5.41, 5.74) is 5.43. The Morgan fingerprint density at radius 1 is 1.00 bits per heavy atom. The smallest absolute Gasteiger partial charge is 0.262 e. The maximum Gasteiger partial charge on any atom is 0.262 e. The lowest BCUT2D eigenvalue weighted by atomic mass is 10.1. The second-order valence-electron chi connectivity index (χ2n) is 7.56. The lowest BCUT2D eigenvalue weighted by Gasteiger charge is -2.06. The Kier molecular flexibility index (Phi) is 5.96. The summed E-state index contributed by atoms with van der Waals surface area (Å²) >= 11 is 0. The van der Waals surface area contributed by atoms with Gasteiger partial charge in [-0.15, -0.1) is 0 Å². The van der Waals surface area contributed by atoms with E-state index in [1.807, 2.05) is 54.7 Å². The number of amides is 1.